The SMILES string of the molecule is OC(CCC1CCCO1)c1csc(I)c1. The van der Waals surface area contributed by atoms with Gasteiger partial charge < -0.3 is 9.84 Å². The largest absolute Gasteiger partial charge is 0.388 e. The van der Waals surface area contributed by atoms with Crippen molar-refractivity contribution in [2.75, 3.05) is 6.61 Å². The van der Waals surface area contributed by atoms with Crippen molar-refractivity contribution >= 4 is 33.9 Å². The Hall–Kier alpha value is 0.350. The third-order valence-corrected chi connectivity index (χ3v) is 4.57. The smallest absolute Gasteiger partial charge is 0.0799 e. The molecule has 2 nitrogen and oxygen atoms in total. The van der Waals surface area contributed by atoms with Crippen LogP contribution in [0.4, 0.5) is 0 Å². The first kappa shape index (κ1) is 11.8. The second kappa shape index (κ2) is 5.61. The molecule has 1 aliphatic heterocycles. The van der Waals surface area contributed by atoms with Gasteiger partial charge in [0.25, 0.3) is 0 Å². The van der Waals surface area contributed by atoms with Gasteiger partial charge in [0.15, 0.2) is 0 Å². The average Bonchev–Trinajstić information content (AvgIpc) is 2.84. The highest BCUT2D eigenvalue weighted by Crippen LogP contribution is 2.27. The maximum atomic E-state index is 9.94. The maximum Gasteiger partial charge on any atom is 0.0799 e. The number of ether oxygens (including phenoxy) is 1. The van der Waals surface area contributed by atoms with Crippen molar-refractivity contribution in [1.82, 2.24) is 0 Å². The van der Waals surface area contributed by atoms with Gasteiger partial charge in [-0.15, -0.1) is 11.3 Å². The van der Waals surface area contributed by atoms with Gasteiger partial charge in [0.05, 0.1) is 15.1 Å². The lowest BCUT2D eigenvalue weighted by Crippen LogP contribution is -2.07. The van der Waals surface area contributed by atoms with E-state index >= 15 is 0 Å². The van der Waals surface area contributed by atoms with Crippen molar-refractivity contribution < 1.29 is 9.84 Å². The van der Waals surface area contributed by atoms with Crippen LogP contribution in [-0.4, -0.2) is 17.8 Å². The standard InChI is InChI=1S/C11H15IO2S/c12-11-6-8(7-15-11)10(13)4-3-9-2-1-5-14-9/h6-7,9-10,13H,1-5H2. The highest BCUT2D eigenvalue weighted by Gasteiger charge is 2.18. The number of aliphatic hydroxyl groups excluding tert-OH is 1. The number of hydrogen-bond donors (Lipinski definition) is 1. The molecular formula is C11H15IO2S. The van der Waals surface area contributed by atoms with Crippen molar-refractivity contribution in [3.8, 4) is 0 Å². The van der Waals surface area contributed by atoms with Crippen molar-refractivity contribution in [3.05, 3.63) is 19.9 Å². The highest BCUT2D eigenvalue weighted by atomic mass is 127. The predicted octanol–water partition coefficient (Wildman–Crippen LogP) is 3.35. The second-order valence-electron chi connectivity index (χ2n) is 3.91. The van der Waals surface area contributed by atoms with Crippen LogP contribution in [0.5, 0.6) is 0 Å². The minimum atomic E-state index is -0.311. The molecule has 0 aromatic carbocycles. The third kappa shape index (κ3) is 3.41. The second-order valence-corrected chi connectivity index (χ2v) is 6.72. The van der Waals surface area contributed by atoms with E-state index in [1.807, 2.05) is 5.38 Å². The Kier molecular flexibility index (Phi) is 4.42. The van der Waals surface area contributed by atoms with Crippen molar-refractivity contribution in [2.24, 2.45) is 0 Å². The lowest BCUT2D eigenvalue weighted by Gasteiger charge is -2.12. The summed E-state index contributed by atoms with van der Waals surface area (Å²) in [5.41, 5.74) is 1.06. The van der Waals surface area contributed by atoms with Gasteiger partial charge in [-0.3, -0.25) is 0 Å². The van der Waals surface area contributed by atoms with Gasteiger partial charge in [-0.1, -0.05) is 0 Å². The Morgan fingerprint density at radius 2 is 2.53 bits per heavy atom. The summed E-state index contributed by atoms with van der Waals surface area (Å²) in [6.45, 7) is 0.900. The van der Waals surface area contributed by atoms with Crippen LogP contribution in [0.15, 0.2) is 11.4 Å². The lowest BCUT2D eigenvalue weighted by molar-refractivity contribution is 0.0813. The van der Waals surface area contributed by atoms with E-state index in [1.54, 1.807) is 11.3 Å². The zero-order valence-electron chi connectivity index (χ0n) is 8.49. The molecule has 0 amide bonds. The van der Waals surface area contributed by atoms with Crippen LogP contribution in [0.1, 0.15) is 37.4 Å². The Balaban J connectivity index is 1.79. The predicted molar refractivity (Wildman–Crippen MR) is 70.2 cm³/mol. The molecule has 1 N–H and O–H groups in total. The van der Waals surface area contributed by atoms with Crippen LogP contribution >= 0.6 is 33.9 Å². The van der Waals surface area contributed by atoms with Gasteiger partial charge in [0.2, 0.25) is 0 Å². The van der Waals surface area contributed by atoms with E-state index in [4.69, 9.17) is 4.74 Å². The van der Waals surface area contributed by atoms with Crippen LogP contribution in [0, 0.1) is 2.88 Å². The molecule has 1 saturated heterocycles. The summed E-state index contributed by atoms with van der Waals surface area (Å²) in [4.78, 5) is 0. The van der Waals surface area contributed by atoms with Crippen LogP contribution < -0.4 is 0 Å². The molecular weight excluding hydrogens is 323 g/mol. The molecule has 2 rings (SSSR count). The van der Waals surface area contributed by atoms with Crippen LogP contribution in [0.3, 0.4) is 0 Å². The molecule has 2 atom stereocenters. The first-order chi connectivity index (χ1) is 7.25. The number of thiophene rings is 1. The van der Waals surface area contributed by atoms with Gasteiger partial charge in [0, 0.05) is 6.61 Å². The third-order valence-electron chi connectivity index (χ3n) is 2.76. The number of halogens is 1. The maximum absolute atomic E-state index is 9.94. The minimum Gasteiger partial charge on any atom is -0.388 e. The molecule has 4 heteroatoms. The quantitative estimate of drug-likeness (QED) is 0.854. The zero-order chi connectivity index (χ0) is 10.7. The Labute approximate surface area is 108 Å². The topological polar surface area (TPSA) is 29.5 Å². The summed E-state index contributed by atoms with van der Waals surface area (Å²) in [7, 11) is 0. The normalized spacial score (nSPS) is 23.2. The fourth-order valence-electron chi connectivity index (χ4n) is 1.88. The number of rotatable bonds is 4. The van der Waals surface area contributed by atoms with Crippen LogP contribution in [0.2, 0.25) is 0 Å². The molecule has 1 fully saturated rings. The molecule has 1 aromatic rings. The molecule has 15 heavy (non-hydrogen) atoms. The first-order valence-electron chi connectivity index (χ1n) is 5.29. The Morgan fingerprint density at radius 3 is 3.13 bits per heavy atom. The van der Waals surface area contributed by atoms with E-state index < -0.39 is 0 Å². The van der Waals surface area contributed by atoms with Gasteiger partial charge in [-0.25, -0.2) is 0 Å². The summed E-state index contributed by atoms with van der Waals surface area (Å²) in [5.74, 6) is 0. The Bertz CT molecular complexity index is 307. The molecule has 1 aliphatic rings. The van der Waals surface area contributed by atoms with Gasteiger partial charge in [0.1, 0.15) is 0 Å². The summed E-state index contributed by atoms with van der Waals surface area (Å²) in [6.07, 6.45) is 4.21. The number of hydrogen-bond acceptors (Lipinski definition) is 3. The van der Waals surface area contributed by atoms with E-state index in [-0.39, 0.29) is 6.10 Å². The van der Waals surface area contributed by atoms with E-state index in [2.05, 4.69) is 28.7 Å². The van der Waals surface area contributed by atoms with Crippen LogP contribution in [-0.2, 0) is 4.74 Å². The molecule has 0 spiro atoms. The zero-order valence-corrected chi connectivity index (χ0v) is 11.5. The fraction of sp³-hybridized carbons (Fsp3) is 0.636. The summed E-state index contributed by atoms with van der Waals surface area (Å²) < 4.78 is 6.77. The Morgan fingerprint density at radius 1 is 1.67 bits per heavy atom. The summed E-state index contributed by atoms with van der Waals surface area (Å²) >= 11 is 3.97. The van der Waals surface area contributed by atoms with Gasteiger partial charge >= 0.3 is 0 Å². The number of aliphatic hydroxyl groups is 1. The van der Waals surface area contributed by atoms with E-state index in [0.29, 0.717) is 6.10 Å². The van der Waals surface area contributed by atoms with Crippen LogP contribution in [0.25, 0.3) is 0 Å². The average molecular weight is 338 g/mol. The van der Waals surface area contributed by atoms with Crippen molar-refractivity contribution in [1.29, 1.82) is 0 Å². The highest BCUT2D eigenvalue weighted by molar-refractivity contribution is 14.1. The van der Waals surface area contributed by atoms with E-state index in [0.717, 1.165) is 31.4 Å². The first-order valence-corrected chi connectivity index (χ1v) is 7.25. The monoisotopic (exact) mass is 338 g/mol. The lowest BCUT2D eigenvalue weighted by atomic mass is 10.0. The molecule has 2 unspecified atom stereocenters. The fourth-order valence-corrected chi connectivity index (χ4v) is 3.30. The molecule has 84 valence electrons. The molecule has 0 aliphatic carbocycles. The van der Waals surface area contributed by atoms with Gasteiger partial charge in [-0.05, 0) is 65.3 Å². The van der Waals surface area contributed by atoms with Gasteiger partial charge in [-0.2, -0.15) is 0 Å². The molecule has 0 radical (unpaired) electrons. The summed E-state index contributed by atoms with van der Waals surface area (Å²) in [5, 5.41) is 12.0. The molecule has 0 bridgehead atoms. The molecule has 1 aromatic heterocycles. The van der Waals surface area contributed by atoms with E-state index in [9.17, 15) is 5.11 Å². The van der Waals surface area contributed by atoms with Crippen molar-refractivity contribution in [2.45, 2.75) is 37.9 Å². The molecule has 0 saturated carbocycles. The minimum absolute atomic E-state index is 0.311. The molecule has 2 heterocycles. The summed E-state index contributed by atoms with van der Waals surface area (Å²) in [6, 6.07) is 2.06. The van der Waals surface area contributed by atoms with E-state index in [1.165, 1.54) is 9.30 Å². The van der Waals surface area contributed by atoms with Crippen molar-refractivity contribution in [3.63, 3.8) is 0 Å².